The average molecular weight is 264 g/mol. The number of amides is 1. The molecule has 0 N–H and O–H groups in total. The van der Waals surface area contributed by atoms with Gasteiger partial charge in [0.25, 0.3) is 0 Å². The van der Waals surface area contributed by atoms with E-state index in [1.807, 2.05) is 4.90 Å². The molecule has 0 unspecified atom stereocenters. The molecule has 1 heterocycles. The lowest BCUT2D eigenvalue weighted by molar-refractivity contribution is -0.134. The van der Waals surface area contributed by atoms with E-state index in [0.29, 0.717) is 11.4 Å². The van der Waals surface area contributed by atoms with E-state index in [9.17, 15) is 4.79 Å². The second kappa shape index (κ2) is 5.71. The standard InChI is InChI=1S/C10H18BrNO2/c1-8(2)12(10(13)7-11)9-3-5-14-6-4-9/h8-9H,3-7H2,1-2H3. The average Bonchev–Trinajstić information content (AvgIpc) is 2.19. The minimum atomic E-state index is 0.187. The van der Waals surface area contributed by atoms with E-state index in [4.69, 9.17) is 4.74 Å². The van der Waals surface area contributed by atoms with Crippen LogP contribution in [0, 0.1) is 0 Å². The highest BCUT2D eigenvalue weighted by atomic mass is 79.9. The van der Waals surface area contributed by atoms with Crippen molar-refractivity contribution in [2.24, 2.45) is 0 Å². The summed E-state index contributed by atoms with van der Waals surface area (Å²) in [5.74, 6) is 0.187. The Balaban J connectivity index is 2.60. The fourth-order valence-corrected chi connectivity index (χ4v) is 2.24. The van der Waals surface area contributed by atoms with Crippen LogP contribution in [0.5, 0.6) is 0 Å². The summed E-state index contributed by atoms with van der Waals surface area (Å²) in [5, 5.41) is 0.419. The molecule has 1 rings (SSSR count). The molecule has 0 radical (unpaired) electrons. The molecule has 0 aromatic carbocycles. The predicted molar refractivity (Wildman–Crippen MR) is 59.6 cm³/mol. The van der Waals surface area contributed by atoms with Crippen molar-refractivity contribution in [2.75, 3.05) is 18.5 Å². The predicted octanol–water partition coefficient (Wildman–Crippen LogP) is 1.80. The van der Waals surface area contributed by atoms with Crippen molar-refractivity contribution >= 4 is 21.8 Å². The van der Waals surface area contributed by atoms with E-state index in [-0.39, 0.29) is 11.9 Å². The molecule has 4 heteroatoms. The van der Waals surface area contributed by atoms with Crippen molar-refractivity contribution in [3.05, 3.63) is 0 Å². The van der Waals surface area contributed by atoms with E-state index < -0.39 is 0 Å². The smallest absolute Gasteiger partial charge is 0.233 e. The van der Waals surface area contributed by atoms with Gasteiger partial charge in [-0.3, -0.25) is 4.79 Å². The molecule has 0 aliphatic carbocycles. The maximum Gasteiger partial charge on any atom is 0.233 e. The van der Waals surface area contributed by atoms with Crippen LogP contribution in [0.2, 0.25) is 0 Å². The van der Waals surface area contributed by atoms with Crippen LogP contribution in [0.15, 0.2) is 0 Å². The number of carbonyl (C=O) groups is 1. The molecule has 0 spiro atoms. The summed E-state index contributed by atoms with van der Waals surface area (Å²) in [6, 6.07) is 0.650. The van der Waals surface area contributed by atoms with Crippen LogP contribution in [-0.2, 0) is 9.53 Å². The molecule has 14 heavy (non-hydrogen) atoms. The minimum Gasteiger partial charge on any atom is -0.381 e. The lowest BCUT2D eigenvalue weighted by Crippen LogP contribution is -2.47. The molecular weight excluding hydrogens is 246 g/mol. The maximum atomic E-state index is 11.7. The van der Waals surface area contributed by atoms with E-state index in [2.05, 4.69) is 29.8 Å². The molecule has 0 bridgehead atoms. The van der Waals surface area contributed by atoms with Crippen LogP contribution in [0.3, 0.4) is 0 Å². The summed E-state index contributed by atoms with van der Waals surface area (Å²) in [4.78, 5) is 13.7. The molecule has 1 aliphatic heterocycles. The van der Waals surface area contributed by atoms with Crippen molar-refractivity contribution in [2.45, 2.75) is 38.8 Å². The summed E-state index contributed by atoms with van der Waals surface area (Å²) >= 11 is 3.23. The highest BCUT2D eigenvalue weighted by Gasteiger charge is 2.26. The van der Waals surface area contributed by atoms with Gasteiger partial charge in [-0.1, -0.05) is 15.9 Å². The summed E-state index contributed by atoms with van der Waals surface area (Å²) in [6.45, 7) is 5.69. The lowest BCUT2D eigenvalue weighted by Gasteiger charge is -2.37. The van der Waals surface area contributed by atoms with Gasteiger partial charge in [-0.05, 0) is 26.7 Å². The monoisotopic (exact) mass is 263 g/mol. The highest BCUT2D eigenvalue weighted by Crippen LogP contribution is 2.17. The lowest BCUT2D eigenvalue weighted by atomic mass is 10.1. The third-order valence-electron chi connectivity index (χ3n) is 2.54. The Morgan fingerprint density at radius 2 is 2.07 bits per heavy atom. The Kier molecular flexibility index (Phi) is 4.89. The van der Waals surface area contributed by atoms with Crippen molar-refractivity contribution < 1.29 is 9.53 Å². The molecule has 0 aromatic rings. The number of hydrogen-bond donors (Lipinski definition) is 0. The largest absolute Gasteiger partial charge is 0.381 e. The van der Waals surface area contributed by atoms with Gasteiger partial charge in [-0.2, -0.15) is 0 Å². The third kappa shape index (κ3) is 2.95. The quantitative estimate of drug-likeness (QED) is 0.727. The van der Waals surface area contributed by atoms with Gasteiger partial charge >= 0.3 is 0 Å². The van der Waals surface area contributed by atoms with Crippen LogP contribution >= 0.6 is 15.9 Å². The number of halogens is 1. The summed E-state index contributed by atoms with van der Waals surface area (Å²) in [5.41, 5.74) is 0. The molecule has 1 aliphatic rings. The van der Waals surface area contributed by atoms with Crippen LogP contribution in [-0.4, -0.2) is 41.4 Å². The van der Waals surface area contributed by atoms with Gasteiger partial charge in [-0.25, -0.2) is 0 Å². The summed E-state index contributed by atoms with van der Waals surface area (Å²) in [7, 11) is 0. The fraction of sp³-hybridized carbons (Fsp3) is 0.900. The number of hydrogen-bond acceptors (Lipinski definition) is 2. The zero-order valence-electron chi connectivity index (χ0n) is 8.83. The van der Waals surface area contributed by atoms with Crippen LogP contribution in [0.4, 0.5) is 0 Å². The second-order valence-corrected chi connectivity index (χ2v) is 4.43. The van der Waals surface area contributed by atoms with Crippen LogP contribution < -0.4 is 0 Å². The molecule has 0 saturated carbocycles. The van der Waals surface area contributed by atoms with Gasteiger partial charge in [-0.15, -0.1) is 0 Å². The highest BCUT2D eigenvalue weighted by molar-refractivity contribution is 9.09. The Hall–Kier alpha value is -0.0900. The Labute approximate surface area is 93.9 Å². The zero-order chi connectivity index (χ0) is 10.6. The normalized spacial score (nSPS) is 18.6. The Morgan fingerprint density at radius 1 is 1.50 bits per heavy atom. The number of rotatable bonds is 3. The van der Waals surface area contributed by atoms with Crippen molar-refractivity contribution in [3.8, 4) is 0 Å². The van der Waals surface area contributed by atoms with Gasteiger partial charge in [0.05, 0.1) is 5.33 Å². The van der Waals surface area contributed by atoms with Gasteiger partial charge < -0.3 is 9.64 Å². The first-order valence-corrected chi connectivity index (χ1v) is 6.23. The second-order valence-electron chi connectivity index (χ2n) is 3.87. The van der Waals surface area contributed by atoms with Gasteiger partial charge in [0, 0.05) is 25.3 Å². The maximum absolute atomic E-state index is 11.7. The first-order valence-electron chi connectivity index (χ1n) is 5.11. The van der Waals surface area contributed by atoms with E-state index in [1.54, 1.807) is 0 Å². The fourth-order valence-electron chi connectivity index (χ4n) is 1.95. The Morgan fingerprint density at radius 3 is 2.50 bits per heavy atom. The van der Waals surface area contributed by atoms with Gasteiger partial charge in [0.1, 0.15) is 0 Å². The summed E-state index contributed by atoms with van der Waals surface area (Å²) in [6.07, 6.45) is 1.94. The first kappa shape index (κ1) is 12.0. The molecule has 1 saturated heterocycles. The van der Waals surface area contributed by atoms with Gasteiger partial charge in [0.15, 0.2) is 0 Å². The third-order valence-corrected chi connectivity index (χ3v) is 3.02. The van der Waals surface area contributed by atoms with E-state index >= 15 is 0 Å². The van der Waals surface area contributed by atoms with E-state index in [1.165, 1.54) is 0 Å². The molecular formula is C10H18BrNO2. The van der Waals surface area contributed by atoms with Crippen LogP contribution in [0.25, 0.3) is 0 Å². The first-order chi connectivity index (χ1) is 6.66. The number of alkyl halides is 1. The van der Waals surface area contributed by atoms with E-state index in [0.717, 1.165) is 26.1 Å². The molecule has 3 nitrogen and oxygen atoms in total. The van der Waals surface area contributed by atoms with Crippen molar-refractivity contribution in [1.82, 2.24) is 4.90 Å². The minimum absolute atomic E-state index is 0.187. The molecule has 82 valence electrons. The van der Waals surface area contributed by atoms with Crippen LogP contribution in [0.1, 0.15) is 26.7 Å². The molecule has 0 aromatic heterocycles. The van der Waals surface area contributed by atoms with Crippen molar-refractivity contribution in [3.63, 3.8) is 0 Å². The number of nitrogens with zero attached hydrogens (tertiary/aromatic N) is 1. The molecule has 1 fully saturated rings. The SMILES string of the molecule is CC(C)N(C(=O)CBr)C1CCOCC1. The summed E-state index contributed by atoms with van der Waals surface area (Å²) < 4.78 is 5.29. The van der Waals surface area contributed by atoms with Crippen molar-refractivity contribution in [1.29, 1.82) is 0 Å². The zero-order valence-corrected chi connectivity index (χ0v) is 10.4. The van der Waals surface area contributed by atoms with Gasteiger partial charge in [0.2, 0.25) is 5.91 Å². The topological polar surface area (TPSA) is 29.5 Å². The number of ether oxygens (including phenoxy) is 1. The molecule has 1 amide bonds. The Bertz CT molecular complexity index is 191. The molecule has 0 atom stereocenters. The number of carbonyl (C=O) groups excluding carboxylic acids is 1.